The van der Waals surface area contributed by atoms with E-state index in [4.69, 9.17) is 0 Å². The first-order chi connectivity index (χ1) is 5.67. The van der Waals surface area contributed by atoms with Crippen LogP contribution in [0.2, 0.25) is 0 Å². The largest absolute Gasteiger partial charge is 0.465 e. The minimum Gasteiger partial charge on any atom is -0.465 e. The Morgan fingerprint density at radius 1 is 1.58 bits per heavy atom. The number of methoxy groups -OCH3 is 1. The number of esters is 1. The fourth-order valence-electron chi connectivity index (χ4n) is 0.656. The van der Waals surface area contributed by atoms with Crippen LogP contribution in [0.4, 0.5) is 0 Å². The van der Waals surface area contributed by atoms with E-state index in [1.165, 1.54) is 7.11 Å². The van der Waals surface area contributed by atoms with E-state index in [0.717, 1.165) is 0 Å². The number of halogens is 1. The topological polar surface area (TPSA) is 26.3 Å². The van der Waals surface area contributed by atoms with Gasteiger partial charge in [-0.05, 0) is 28.9 Å². The summed E-state index contributed by atoms with van der Waals surface area (Å²) >= 11 is 3.23. The normalized spacial score (nSPS) is 12.6. The minimum absolute atomic E-state index is 0.359. The molecule has 0 aromatic carbocycles. The highest BCUT2D eigenvalue weighted by Crippen LogP contribution is 2.18. The van der Waals surface area contributed by atoms with E-state index in [2.05, 4.69) is 27.2 Å². The van der Waals surface area contributed by atoms with Gasteiger partial charge in [0, 0.05) is 4.48 Å². The Morgan fingerprint density at radius 2 is 2.17 bits per heavy atom. The van der Waals surface area contributed by atoms with E-state index in [-0.39, 0.29) is 5.97 Å². The van der Waals surface area contributed by atoms with Crippen LogP contribution in [0.15, 0.2) is 34.9 Å². The molecule has 12 heavy (non-hydrogen) atoms. The molecule has 0 spiro atoms. The maximum absolute atomic E-state index is 11.1. The third-order valence-corrected chi connectivity index (χ3v) is 1.91. The molecule has 0 unspecified atom stereocenters. The first-order valence-electron chi connectivity index (χ1n) is 3.40. The van der Waals surface area contributed by atoms with Gasteiger partial charge in [0.2, 0.25) is 0 Å². The molecule has 0 fully saturated rings. The molecule has 0 saturated carbocycles. The lowest BCUT2D eigenvalue weighted by Gasteiger charge is -2.01. The van der Waals surface area contributed by atoms with Crippen molar-refractivity contribution < 1.29 is 9.53 Å². The van der Waals surface area contributed by atoms with Crippen molar-refractivity contribution >= 4 is 21.9 Å². The second-order valence-electron chi connectivity index (χ2n) is 1.94. The van der Waals surface area contributed by atoms with Gasteiger partial charge in [0.05, 0.1) is 12.7 Å². The third-order valence-electron chi connectivity index (χ3n) is 1.22. The van der Waals surface area contributed by atoms with Gasteiger partial charge in [0.1, 0.15) is 0 Å². The van der Waals surface area contributed by atoms with E-state index in [0.29, 0.717) is 10.1 Å². The molecule has 0 aromatic rings. The second kappa shape index (κ2) is 5.77. The molecule has 0 aromatic heterocycles. The Bertz CT molecular complexity index is 239. The van der Waals surface area contributed by atoms with Crippen molar-refractivity contribution in [2.75, 3.05) is 7.11 Å². The van der Waals surface area contributed by atoms with Crippen LogP contribution in [0.1, 0.15) is 6.92 Å². The molecule has 2 nitrogen and oxygen atoms in total. The van der Waals surface area contributed by atoms with Crippen LogP contribution in [0, 0.1) is 0 Å². The zero-order valence-corrected chi connectivity index (χ0v) is 8.72. The average Bonchev–Trinajstić information content (AvgIpc) is 2.06. The average molecular weight is 231 g/mol. The maximum Gasteiger partial charge on any atom is 0.338 e. The van der Waals surface area contributed by atoms with Gasteiger partial charge in [0.15, 0.2) is 0 Å². The zero-order chi connectivity index (χ0) is 9.56. The molecule has 0 bridgehead atoms. The van der Waals surface area contributed by atoms with Crippen molar-refractivity contribution in [1.29, 1.82) is 0 Å². The molecular weight excluding hydrogens is 220 g/mol. The first kappa shape index (κ1) is 11.2. The Balaban J connectivity index is 4.70. The van der Waals surface area contributed by atoms with Gasteiger partial charge < -0.3 is 4.74 Å². The van der Waals surface area contributed by atoms with Crippen LogP contribution < -0.4 is 0 Å². The molecular formula is C9H11BrO2. The lowest BCUT2D eigenvalue weighted by atomic mass is 10.2. The number of hydrogen-bond donors (Lipinski definition) is 0. The van der Waals surface area contributed by atoms with Gasteiger partial charge in [-0.3, -0.25) is 0 Å². The van der Waals surface area contributed by atoms with Crippen LogP contribution in [-0.4, -0.2) is 13.1 Å². The van der Waals surface area contributed by atoms with E-state index in [9.17, 15) is 4.79 Å². The van der Waals surface area contributed by atoms with Crippen molar-refractivity contribution in [3.63, 3.8) is 0 Å². The van der Waals surface area contributed by atoms with E-state index >= 15 is 0 Å². The summed E-state index contributed by atoms with van der Waals surface area (Å²) in [6, 6.07) is 0. The molecule has 0 aliphatic heterocycles. The van der Waals surface area contributed by atoms with Gasteiger partial charge >= 0.3 is 5.97 Å². The second-order valence-corrected chi connectivity index (χ2v) is 2.80. The maximum atomic E-state index is 11.1. The number of carbonyl (C=O) groups is 1. The molecule has 0 N–H and O–H groups in total. The highest BCUT2D eigenvalue weighted by Gasteiger charge is 2.10. The van der Waals surface area contributed by atoms with Crippen molar-refractivity contribution in [2.24, 2.45) is 0 Å². The number of carbonyl (C=O) groups excluding carboxylic acids is 1. The van der Waals surface area contributed by atoms with Gasteiger partial charge in [-0.2, -0.15) is 0 Å². The Hall–Kier alpha value is -0.830. The summed E-state index contributed by atoms with van der Waals surface area (Å²) in [6.07, 6.45) is 4.96. The van der Waals surface area contributed by atoms with Gasteiger partial charge in [-0.1, -0.05) is 18.7 Å². The van der Waals surface area contributed by atoms with Crippen LogP contribution in [0.25, 0.3) is 0 Å². The summed E-state index contributed by atoms with van der Waals surface area (Å²) in [6.45, 7) is 5.29. The van der Waals surface area contributed by atoms with Crippen molar-refractivity contribution in [3.8, 4) is 0 Å². The SMILES string of the molecule is C=C/C=C(Br)\C(=C/C)C(=O)OC. The van der Waals surface area contributed by atoms with Crippen molar-refractivity contribution in [1.82, 2.24) is 0 Å². The molecule has 0 atom stereocenters. The standard InChI is InChI=1S/C9H11BrO2/c1-4-6-8(10)7(5-2)9(11)12-3/h4-6H,1H2,2-3H3/b7-5+,8-6+. The summed E-state index contributed by atoms with van der Waals surface area (Å²) in [5.74, 6) is -0.359. The minimum atomic E-state index is -0.359. The van der Waals surface area contributed by atoms with E-state index < -0.39 is 0 Å². The molecule has 0 heterocycles. The fourth-order valence-corrected chi connectivity index (χ4v) is 1.23. The van der Waals surface area contributed by atoms with Crippen molar-refractivity contribution in [2.45, 2.75) is 6.92 Å². The number of allylic oxidation sites excluding steroid dienone is 3. The monoisotopic (exact) mass is 230 g/mol. The van der Waals surface area contributed by atoms with Crippen LogP contribution in [0.3, 0.4) is 0 Å². The molecule has 0 radical (unpaired) electrons. The number of ether oxygens (including phenoxy) is 1. The zero-order valence-electron chi connectivity index (χ0n) is 7.13. The first-order valence-corrected chi connectivity index (χ1v) is 4.19. The van der Waals surface area contributed by atoms with Crippen LogP contribution in [0.5, 0.6) is 0 Å². The predicted molar refractivity (Wildman–Crippen MR) is 53.0 cm³/mol. The van der Waals surface area contributed by atoms with Gasteiger partial charge in [-0.25, -0.2) is 4.79 Å². The summed E-state index contributed by atoms with van der Waals surface area (Å²) in [4.78, 5) is 11.1. The van der Waals surface area contributed by atoms with E-state index in [1.54, 1.807) is 25.2 Å². The predicted octanol–water partition coefficient (Wildman–Crippen LogP) is 2.57. The van der Waals surface area contributed by atoms with Crippen LogP contribution >= 0.6 is 15.9 Å². The smallest absolute Gasteiger partial charge is 0.338 e. The third kappa shape index (κ3) is 3.05. The molecule has 3 heteroatoms. The highest BCUT2D eigenvalue weighted by molar-refractivity contribution is 9.12. The fraction of sp³-hybridized carbons (Fsp3) is 0.222. The molecule has 0 rings (SSSR count). The molecule has 0 saturated heterocycles. The number of hydrogen-bond acceptors (Lipinski definition) is 2. The van der Waals surface area contributed by atoms with E-state index in [1.807, 2.05) is 0 Å². The molecule has 66 valence electrons. The summed E-state index contributed by atoms with van der Waals surface area (Å²) in [5, 5.41) is 0. The Labute approximate surface area is 80.7 Å². The Morgan fingerprint density at radius 3 is 2.50 bits per heavy atom. The molecule has 0 aliphatic carbocycles. The van der Waals surface area contributed by atoms with Crippen LogP contribution in [-0.2, 0) is 9.53 Å². The molecule has 0 amide bonds. The summed E-state index contributed by atoms with van der Waals surface area (Å²) in [5.41, 5.74) is 0.498. The Kier molecular flexibility index (Phi) is 5.37. The highest BCUT2D eigenvalue weighted by atomic mass is 79.9. The van der Waals surface area contributed by atoms with Crippen molar-refractivity contribution in [3.05, 3.63) is 34.9 Å². The van der Waals surface area contributed by atoms with Gasteiger partial charge in [0.25, 0.3) is 0 Å². The molecule has 0 aliphatic rings. The summed E-state index contributed by atoms with van der Waals surface area (Å²) < 4.78 is 5.23. The van der Waals surface area contributed by atoms with Gasteiger partial charge in [-0.15, -0.1) is 0 Å². The summed E-state index contributed by atoms with van der Waals surface area (Å²) in [7, 11) is 1.35. The lowest BCUT2D eigenvalue weighted by molar-refractivity contribution is -0.135. The quantitative estimate of drug-likeness (QED) is 0.424. The number of rotatable bonds is 3. The lowest BCUT2D eigenvalue weighted by Crippen LogP contribution is -2.04.